The van der Waals surface area contributed by atoms with Crippen molar-refractivity contribution >= 4 is 0 Å². The van der Waals surface area contributed by atoms with Gasteiger partial charge in [0, 0.05) is 0 Å². The van der Waals surface area contributed by atoms with Crippen molar-refractivity contribution in [2.75, 3.05) is 6.61 Å². The second-order valence-corrected chi connectivity index (χ2v) is 2.81. The smallest absolute Gasteiger partial charge is 0.0978 e. The van der Waals surface area contributed by atoms with Crippen molar-refractivity contribution in [3.63, 3.8) is 0 Å². The van der Waals surface area contributed by atoms with E-state index >= 15 is 0 Å². The first-order valence-electron chi connectivity index (χ1n) is 4.19. The third-order valence-corrected chi connectivity index (χ3v) is 1.75. The van der Waals surface area contributed by atoms with Gasteiger partial charge in [0.05, 0.1) is 12.7 Å². The Morgan fingerprint density at radius 3 is 2.55 bits per heavy atom. The molecule has 0 aromatic heterocycles. The highest BCUT2D eigenvalue weighted by Gasteiger charge is 2.05. The van der Waals surface area contributed by atoms with Crippen LogP contribution in [-0.2, 0) is 0 Å². The number of hydrogen-bond donors (Lipinski definition) is 2. The summed E-state index contributed by atoms with van der Waals surface area (Å²) in [6, 6.07) is 0. The molecule has 0 aliphatic heterocycles. The van der Waals surface area contributed by atoms with E-state index in [2.05, 4.69) is 13.5 Å². The normalized spacial score (nSPS) is 13.0. The molecule has 0 saturated carbocycles. The summed E-state index contributed by atoms with van der Waals surface area (Å²) < 4.78 is 0. The first-order valence-corrected chi connectivity index (χ1v) is 4.19. The molecule has 0 saturated heterocycles. The molecular formula is C9H18O2. The molecule has 0 aromatic carbocycles. The van der Waals surface area contributed by atoms with Crippen LogP contribution in [0.1, 0.15) is 32.6 Å². The van der Waals surface area contributed by atoms with E-state index in [-0.39, 0.29) is 6.61 Å². The van der Waals surface area contributed by atoms with Crippen molar-refractivity contribution in [1.29, 1.82) is 0 Å². The van der Waals surface area contributed by atoms with E-state index in [1.165, 1.54) is 6.42 Å². The molecule has 0 heterocycles. The molecular weight excluding hydrogens is 140 g/mol. The first-order chi connectivity index (χ1) is 5.22. The Kier molecular flexibility index (Phi) is 6.18. The minimum atomic E-state index is -0.716. The van der Waals surface area contributed by atoms with Crippen LogP contribution >= 0.6 is 0 Å². The summed E-state index contributed by atoms with van der Waals surface area (Å²) in [6.45, 7) is 5.61. The lowest BCUT2D eigenvalue weighted by atomic mass is 10.0. The average Bonchev–Trinajstić information content (AvgIpc) is 2.03. The van der Waals surface area contributed by atoms with Crippen LogP contribution in [0.25, 0.3) is 0 Å². The number of unbranched alkanes of at least 4 members (excludes halogenated alkanes) is 2. The fraction of sp³-hybridized carbons (Fsp3) is 0.778. The summed E-state index contributed by atoms with van der Waals surface area (Å²) in [5, 5.41) is 17.6. The van der Waals surface area contributed by atoms with Gasteiger partial charge in [0.1, 0.15) is 0 Å². The lowest BCUT2D eigenvalue weighted by Crippen LogP contribution is -2.14. The molecule has 2 N–H and O–H groups in total. The molecule has 0 aliphatic rings. The van der Waals surface area contributed by atoms with Crippen LogP contribution in [0.4, 0.5) is 0 Å². The van der Waals surface area contributed by atoms with Gasteiger partial charge in [0.15, 0.2) is 0 Å². The molecule has 0 amide bonds. The van der Waals surface area contributed by atoms with E-state index in [4.69, 9.17) is 10.2 Å². The van der Waals surface area contributed by atoms with Crippen LogP contribution in [0, 0.1) is 0 Å². The molecule has 0 fully saturated rings. The van der Waals surface area contributed by atoms with Crippen molar-refractivity contribution < 1.29 is 10.2 Å². The molecule has 0 spiro atoms. The molecule has 1 atom stereocenters. The largest absolute Gasteiger partial charge is 0.393 e. The molecule has 0 rings (SSSR count). The summed E-state index contributed by atoms with van der Waals surface area (Å²) in [4.78, 5) is 0. The average molecular weight is 158 g/mol. The maximum absolute atomic E-state index is 9.08. The zero-order valence-electron chi connectivity index (χ0n) is 7.21. The van der Waals surface area contributed by atoms with Crippen LogP contribution in [0.5, 0.6) is 0 Å². The van der Waals surface area contributed by atoms with E-state index in [9.17, 15) is 0 Å². The topological polar surface area (TPSA) is 40.5 Å². The highest BCUT2D eigenvalue weighted by Crippen LogP contribution is 2.10. The Bertz CT molecular complexity index is 110. The second kappa shape index (κ2) is 6.38. The van der Waals surface area contributed by atoms with E-state index in [1.807, 2.05) is 0 Å². The highest BCUT2D eigenvalue weighted by molar-refractivity contribution is 5.00. The summed E-state index contributed by atoms with van der Waals surface area (Å²) >= 11 is 0. The molecule has 2 nitrogen and oxygen atoms in total. The maximum atomic E-state index is 9.08. The Labute approximate surface area is 68.6 Å². The molecule has 0 radical (unpaired) electrons. The zero-order valence-corrected chi connectivity index (χ0v) is 7.21. The summed E-state index contributed by atoms with van der Waals surface area (Å²) in [7, 11) is 0. The van der Waals surface area contributed by atoms with Crippen molar-refractivity contribution in [1.82, 2.24) is 0 Å². The quantitative estimate of drug-likeness (QED) is 0.454. The van der Waals surface area contributed by atoms with Crippen LogP contribution in [0.3, 0.4) is 0 Å². The molecule has 66 valence electrons. The highest BCUT2D eigenvalue weighted by atomic mass is 16.3. The van der Waals surface area contributed by atoms with Gasteiger partial charge in [-0.05, 0) is 18.4 Å². The second-order valence-electron chi connectivity index (χ2n) is 2.81. The molecule has 0 aromatic rings. The van der Waals surface area contributed by atoms with Gasteiger partial charge in [-0.15, -0.1) is 0 Å². The summed E-state index contributed by atoms with van der Waals surface area (Å²) in [6.07, 6.45) is 3.51. The van der Waals surface area contributed by atoms with Gasteiger partial charge in [0.2, 0.25) is 0 Å². The summed E-state index contributed by atoms with van der Waals surface area (Å²) in [5.41, 5.74) is 0.751. The minimum Gasteiger partial charge on any atom is -0.393 e. The molecule has 11 heavy (non-hydrogen) atoms. The number of aliphatic hydroxyl groups is 2. The number of rotatable bonds is 6. The van der Waals surface area contributed by atoms with E-state index in [0.717, 1.165) is 24.8 Å². The Balaban J connectivity index is 3.36. The molecule has 1 unspecified atom stereocenters. The van der Waals surface area contributed by atoms with Gasteiger partial charge < -0.3 is 10.2 Å². The SMILES string of the molecule is C=C(CCCCC)C(O)CO. The predicted octanol–water partition coefficient (Wildman–Crippen LogP) is 1.48. The van der Waals surface area contributed by atoms with E-state index in [1.54, 1.807) is 0 Å². The van der Waals surface area contributed by atoms with Crippen molar-refractivity contribution in [3.8, 4) is 0 Å². The van der Waals surface area contributed by atoms with Crippen molar-refractivity contribution in [3.05, 3.63) is 12.2 Å². The van der Waals surface area contributed by atoms with Gasteiger partial charge >= 0.3 is 0 Å². The lowest BCUT2D eigenvalue weighted by Gasteiger charge is -2.09. The van der Waals surface area contributed by atoms with E-state index in [0.29, 0.717) is 0 Å². The monoisotopic (exact) mass is 158 g/mol. The van der Waals surface area contributed by atoms with Crippen molar-refractivity contribution in [2.45, 2.75) is 38.7 Å². The fourth-order valence-corrected chi connectivity index (χ4v) is 0.898. The molecule has 0 aliphatic carbocycles. The zero-order chi connectivity index (χ0) is 8.69. The van der Waals surface area contributed by atoms with Gasteiger partial charge in [-0.25, -0.2) is 0 Å². The first kappa shape index (κ1) is 10.7. The lowest BCUT2D eigenvalue weighted by molar-refractivity contribution is 0.120. The third kappa shape index (κ3) is 4.99. The van der Waals surface area contributed by atoms with Crippen LogP contribution in [0.2, 0.25) is 0 Å². The van der Waals surface area contributed by atoms with Crippen LogP contribution in [-0.4, -0.2) is 22.9 Å². The Hall–Kier alpha value is -0.340. The maximum Gasteiger partial charge on any atom is 0.0978 e. The molecule has 0 bridgehead atoms. The van der Waals surface area contributed by atoms with Gasteiger partial charge in [-0.1, -0.05) is 26.3 Å². The third-order valence-electron chi connectivity index (χ3n) is 1.75. The predicted molar refractivity (Wildman–Crippen MR) is 46.4 cm³/mol. The Morgan fingerprint density at radius 1 is 1.45 bits per heavy atom. The number of aliphatic hydroxyl groups excluding tert-OH is 2. The van der Waals surface area contributed by atoms with Gasteiger partial charge in [0.25, 0.3) is 0 Å². The van der Waals surface area contributed by atoms with Gasteiger partial charge in [-0.3, -0.25) is 0 Å². The van der Waals surface area contributed by atoms with E-state index < -0.39 is 6.10 Å². The number of hydrogen-bond acceptors (Lipinski definition) is 2. The van der Waals surface area contributed by atoms with Gasteiger partial charge in [-0.2, -0.15) is 0 Å². The van der Waals surface area contributed by atoms with Crippen LogP contribution < -0.4 is 0 Å². The standard InChI is InChI=1S/C9H18O2/c1-3-4-5-6-8(2)9(11)7-10/h9-11H,2-7H2,1H3. The summed E-state index contributed by atoms with van der Waals surface area (Å²) in [5.74, 6) is 0. The van der Waals surface area contributed by atoms with Crippen molar-refractivity contribution in [2.24, 2.45) is 0 Å². The Morgan fingerprint density at radius 2 is 2.09 bits per heavy atom. The van der Waals surface area contributed by atoms with Crippen LogP contribution in [0.15, 0.2) is 12.2 Å². The fourth-order valence-electron chi connectivity index (χ4n) is 0.898. The minimum absolute atomic E-state index is 0.203. The molecule has 2 heteroatoms.